The third kappa shape index (κ3) is 1.53. The van der Waals surface area contributed by atoms with Gasteiger partial charge in [0.15, 0.2) is 11.5 Å². The minimum atomic E-state index is -0.190. The summed E-state index contributed by atoms with van der Waals surface area (Å²) in [5.74, 6) is 1.57. The molecule has 1 unspecified atom stereocenters. The Kier molecular flexibility index (Phi) is 2.52. The van der Waals surface area contributed by atoms with E-state index in [4.69, 9.17) is 21.1 Å². The molecule has 4 heteroatoms. The predicted octanol–water partition coefficient (Wildman–Crippen LogP) is 2.18. The molecular weight excluding hydrogens is 202 g/mol. The lowest BCUT2D eigenvalue weighted by Gasteiger charge is -2.12. The summed E-state index contributed by atoms with van der Waals surface area (Å²) < 4.78 is 10.5. The number of ether oxygens (including phenoxy) is 2. The van der Waals surface area contributed by atoms with Crippen molar-refractivity contribution in [1.29, 1.82) is 0 Å². The summed E-state index contributed by atoms with van der Waals surface area (Å²) in [5, 5.41) is 2.98. The van der Waals surface area contributed by atoms with Gasteiger partial charge in [0.1, 0.15) is 5.50 Å². The summed E-state index contributed by atoms with van der Waals surface area (Å²) in [5.41, 5.74) is 1.94. The highest BCUT2D eigenvalue weighted by Crippen LogP contribution is 2.37. The molecule has 0 radical (unpaired) electrons. The predicted molar refractivity (Wildman–Crippen MR) is 55.0 cm³/mol. The molecule has 2 rings (SSSR count). The van der Waals surface area contributed by atoms with Gasteiger partial charge in [0.2, 0.25) is 6.79 Å². The molecule has 0 saturated heterocycles. The van der Waals surface area contributed by atoms with Crippen molar-refractivity contribution >= 4 is 11.6 Å². The standard InChI is InChI=1S/C10H12ClNO2/c1-6-3-8-9(14-5-13-8)4-7(6)10(11)12-2/h3-4,10,12H,5H2,1-2H3. The molecule has 0 bridgehead atoms. The Labute approximate surface area is 88.0 Å². The van der Waals surface area contributed by atoms with Crippen LogP contribution in [0.25, 0.3) is 0 Å². The molecule has 0 aliphatic carbocycles. The maximum Gasteiger partial charge on any atom is 0.231 e. The number of hydrogen-bond acceptors (Lipinski definition) is 3. The van der Waals surface area contributed by atoms with E-state index in [1.165, 1.54) is 0 Å². The van der Waals surface area contributed by atoms with Crippen LogP contribution in [0.2, 0.25) is 0 Å². The summed E-state index contributed by atoms with van der Waals surface area (Å²) in [6.45, 7) is 2.30. The van der Waals surface area contributed by atoms with Crippen molar-refractivity contribution < 1.29 is 9.47 Å². The molecule has 0 saturated carbocycles. The van der Waals surface area contributed by atoms with E-state index in [-0.39, 0.29) is 5.50 Å². The second kappa shape index (κ2) is 3.67. The molecule has 3 nitrogen and oxygen atoms in total. The van der Waals surface area contributed by atoms with E-state index in [1.54, 1.807) is 0 Å². The first-order valence-electron chi connectivity index (χ1n) is 4.44. The largest absolute Gasteiger partial charge is 0.454 e. The Morgan fingerprint density at radius 2 is 2.00 bits per heavy atom. The van der Waals surface area contributed by atoms with Crippen LogP contribution in [0.3, 0.4) is 0 Å². The first-order chi connectivity index (χ1) is 6.72. The van der Waals surface area contributed by atoms with Crippen LogP contribution >= 0.6 is 11.6 Å². The van der Waals surface area contributed by atoms with Crippen LogP contribution in [0, 0.1) is 6.92 Å². The Morgan fingerprint density at radius 1 is 1.36 bits per heavy atom. The van der Waals surface area contributed by atoms with Crippen molar-refractivity contribution in [3.05, 3.63) is 23.3 Å². The monoisotopic (exact) mass is 213 g/mol. The molecular formula is C10H12ClNO2. The van der Waals surface area contributed by atoms with Gasteiger partial charge in [-0.15, -0.1) is 11.6 Å². The van der Waals surface area contributed by atoms with Crippen LogP contribution in [-0.4, -0.2) is 13.8 Å². The van der Waals surface area contributed by atoms with Crippen molar-refractivity contribution in [2.75, 3.05) is 13.8 Å². The van der Waals surface area contributed by atoms with Gasteiger partial charge in [-0.1, -0.05) is 0 Å². The Balaban J connectivity index is 2.42. The lowest BCUT2D eigenvalue weighted by molar-refractivity contribution is 0.174. The number of benzene rings is 1. The molecule has 1 aromatic carbocycles. The first kappa shape index (κ1) is 9.62. The number of alkyl halides is 1. The van der Waals surface area contributed by atoms with Crippen molar-refractivity contribution in [3.63, 3.8) is 0 Å². The topological polar surface area (TPSA) is 30.5 Å². The van der Waals surface area contributed by atoms with Crippen LogP contribution in [0.1, 0.15) is 16.6 Å². The van der Waals surface area contributed by atoms with E-state index in [0.29, 0.717) is 6.79 Å². The van der Waals surface area contributed by atoms with Gasteiger partial charge in [-0.05, 0) is 37.2 Å². The summed E-state index contributed by atoms with van der Waals surface area (Å²) >= 11 is 6.09. The van der Waals surface area contributed by atoms with E-state index in [1.807, 2.05) is 26.1 Å². The lowest BCUT2D eigenvalue weighted by Crippen LogP contribution is -2.11. The van der Waals surface area contributed by atoms with Crippen molar-refractivity contribution in [3.8, 4) is 11.5 Å². The van der Waals surface area contributed by atoms with Crippen LogP contribution in [-0.2, 0) is 0 Å². The number of hydrogen-bond donors (Lipinski definition) is 1. The van der Waals surface area contributed by atoms with E-state index < -0.39 is 0 Å². The zero-order valence-electron chi connectivity index (χ0n) is 8.13. The Hall–Kier alpha value is -0.930. The summed E-state index contributed by atoms with van der Waals surface area (Å²) in [6.07, 6.45) is 0. The summed E-state index contributed by atoms with van der Waals surface area (Å²) in [4.78, 5) is 0. The maximum absolute atomic E-state index is 6.09. The van der Waals surface area contributed by atoms with Crippen LogP contribution in [0.4, 0.5) is 0 Å². The molecule has 1 heterocycles. The molecule has 76 valence electrons. The lowest BCUT2D eigenvalue weighted by atomic mass is 10.1. The highest BCUT2D eigenvalue weighted by molar-refractivity contribution is 6.20. The van der Waals surface area contributed by atoms with E-state index in [2.05, 4.69) is 5.32 Å². The zero-order chi connectivity index (χ0) is 10.1. The van der Waals surface area contributed by atoms with E-state index in [9.17, 15) is 0 Å². The SMILES string of the molecule is CNC(Cl)c1cc2c(cc1C)OCO2. The molecule has 1 aromatic rings. The van der Waals surface area contributed by atoms with E-state index in [0.717, 1.165) is 22.6 Å². The number of fused-ring (bicyclic) bond motifs is 1. The Bertz CT molecular complexity index is 354. The highest BCUT2D eigenvalue weighted by Gasteiger charge is 2.18. The second-order valence-electron chi connectivity index (χ2n) is 3.21. The van der Waals surface area contributed by atoms with Crippen molar-refractivity contribution in [2.24, 2.45) is 0 Å². The fraction of sp³-hybridized carbons (Fsp3) is 0.400. The Morgan fingerprint density at radius 3 is 2.64 bits per heavy atom. The van der Waals surface area contributed by atoms with Gasteiger partial charge < -0.3 is 14.8 Å². The molecule has 0 aromatic heterocycles. The molecule has 0 spiro atoms. The van der Waals surface area contributed by atoms with Gasteiger partial charge in [-0.2, -0.15) is 0 Å². The maximum atomic E-state index is 6.09. The third-order valence-corrected chi connectivity index (χ3v) is 2.74. The molecule has 1 aliphatic rings. The number of rotatable bonds is 2. The smallest absolute Gasteiger partial charge is 0.231 e. The van der Waals surface area contributed by atoms with Gasteiger partial charge in [0.25, 0.3) is 0 Å². The molecule has 0 amide bonds. The fourth-order valence-electron chi connectivity index (χ4n) is 1.49. The molecule has 14 heavy (non-hydrogen) atoms. The summed E-state index contributed by atoms with van der Waals surface area (Å²) in [6, 6.07) is 3.87. The van der Waals surface area contributed by atoms with Crippen LogP contribution < -0.4 is 14.8 Å². The normalized spacial score (nSPS) is 15.6. The second-order valence-corrected chi connectivity index (χ2v) is 3.65. The quantitative estimate of drug-likeness (QED) is 0.604. The molecule has 1 aliphatic heterocycles. The van der Waals surface area contributed by atoms with Gasteiger partial charge in [-0.3, -0.25) is 0 Å². The van der Waals surface area contributed by atoms with Crippen LogP contribution in [0.5, 0.6) is 11.5 Å². The number of aryl methyl sites for hydroxylation is 1. The van der Waals surface area contributed by atoms with Crippen molar-refractivity contribution in [1.82, 2.24) is 5.32 Å². The molecule has 0 fully saturated rings. The average Bonchev–Trinajstić information content (AvgIpc) is 2.62. The highest BCUT2D eigenvalue weighted by atomic mass is 35.5. The zero-order valence-corrected chi connectivity index (χ0v) is 8.89. The average molecular weight is 214 g/mol. The van der Waals surface area contributed by atoms with Gasteiger partial charge >= 0.3 is 0 Å². The van der Waals surface area contributed by atoms with Gasteiger partial charge in [0, 0.05) is 0 Å². The van der Waals surface area contributed by atoms with Crippen LogP contribution in [0.15, 0.2) is 12.1 Å². The number of halogens is 1. The summed E-state index contributed by atoms with van der Waals surface area (Å²) in [7, 11) is 1.82. The molecule has 1 atom stereocenters. The van der Waals surface area contributed by atoms with Gasteiger partial charge in [0.05, 0.1) is 0 Å². The third-order valence-electron chi connectivity index (χ3n) is 2.29. The van der Waals surface area contributed by atoms with Gasteiger partial charge in [-0.25, -0.2) is 0 Å². The van der Waals surface area contributed by atoms with Crippen molar-refractivity contribution in [2.45, 2.75) is 12.4 Å². The first-order valence-corrected chi connectivity index (χ1v) is 4.87. The molecule has 1 N–H and O–H groups in total. The van der Waals surface area contributed by atoms with E-state index >= 15 is 0 Å². The number of nitrogens with one attached hydrogen (secondary N) is 1. The fourth-order valence-corrected chi connectivity index (χ4v) is 1.72. The minimum absolute atomic E-state index is 0.190. The minimum Gasteiger partial charge on any atom is -0.454 e.